The number of amides is 2. The normalized spacial score (nSPS) is 10.3. The molecule has 0 spiro atoms. The summed E-state index contributed by atoms with van der Waals surface area (Å²) in [5, 5.41) is 7.92. The first kappa shape index (κ1) is 16.9. The van der Waals surface area contributed by atoms with E-state index in [2.05, 4.69) is 15.6 Å². The van der Waals surface area contributed by atoms with Crippen LogP contribution in [0.1, 0.15) is 21.5 Å². The first-order chi connectivity index (χ1) is 12.1. The van der Waals surface area contributed by atoms with E-state index in [4.69, 9.17) is 0 Å². The van der Waals surface area contributed by atoms with Crippen molar-refractivity contribution in [2.75, 3.05) is 10.6 Å². The van der Waals surface area contributed by atoms with Crippen LogP contribution < -0.4 is 10.6 Å². The summed E-state index contributed by atoms with van der Waals surface area (Å²) in [5.41, 5.74) is 3.25. The molecule has 0 aliphatic rings. The standard InChI is InChI=1S/C19H17N3O2S/c1-13-4-2-3-5-15(13)12-17(23)21-16-8-6-14(7-9-16)18(24)22-19-20-10-11-25-19/h2-11H,12H2,1H3,(H,21,23)(H,20,22,24). The Morgan fingerprint density at radius 2 is 1.80 bits per heavy atom. The van der Waals surface area contributed by atoms with Crippen molar-refractivity contribution in [1.82, 2.24) is 4.98 Å². The van der Waals surface area contributed by atoms with Crippen LogP contribution in [-0.4, -0.2) is 16.8 Å². The predicted octanol–water partition coefficient (Wildman–Crippen LogP) is 3.89. The zero-order valence-electron chi connectivity index (χ0n) is 13.7. The number of hydrogen-bond donors (Lipinski definition) is 2. The molecule has 1 aromatic heterocycles. The molecule has 0 aliphatic heterocycles. The molecule has 0 fully saturated rings. The summed E-state index contributed by atoms with van der Waals surface area (Å²) in [6.45, 7) is 1.98. The number of hydrogen-bond acceptors (Lipinski definition) is 4. The lowest BCUT2D eigenvalue weighted by Gasteiger charge is -2.08. The third-order valence-corrected chi connectivity index (χ3v) is 4.38. The van der Waals surface area contributed by atoms with Gasteiger partial charge in [-0.2, -0.15) is 0 Å². The second-order valence-corrected chi connectivity index (χ2v) is 6.41. The number of aromatic nitrogens is 1. The molecule has 2 aromatic carbocycles. The Labute approximate surface area is 149 Å². The summed E-state index contributed by atoms with van der Waals surface area (Å²) in [5.74, 6) is -0.318. The van der Waals surface area contributed by atoms with Crippen LogP contribution in [0.4, 0.5) is 10.8 Å². The number of carbonyl (C=O) groups excluding carboxylic acids is 2. The highest BCUT2D eigenvalue weighted by molar-refractivity contribution is 7.13. The van der Waals surface area contributed by atoms with Crippen molar-refractivity contribution < 1.29 is 9.59 Å². The lowest BCUT2D eigenvalue weighted by molar-refractivity contribution is -0.115. The van der Waals surface area contributed by atoms with Crippen molar-refractivity contribution in [3.8, 4) is 0 Å². The van der Waals surface area contributed by atoms with E-state index in [0.29, 0.717) is 22.8 Å². The molecule has 5 nitrogen and oxygen atoms in total. The van der Waals surface area contributed by atoms with Crippen molar-refractivity contribution in [2.24, 2.45) is 0 Å². The summed E-state index contributed by atoms with van der Waals surface area (Å²) >= 11 is 1.36. The molecule has 3 rings (SSSR count). The molecule has 2 amide bonds. The molecule has 0 bridgehead atoms. The minimum atomic E-state index is -0.229. The number of anilines is 2. The fourth-order valence-electron chi connectivity index (χ4n) is 2.35. The zero-order valence-corrected chi connectivity index (χ0v) is 14.5. The van der Waals surface area contributed by atoms with E-state index in [1.165, 1.54) is 11.3 Å². The lowest BCUT2D eigenvalue weighted by atomic mass is 10.1. The predicted molar refractivity (Wildman–Crippen MR) is 100 cm³/mol. The lowest BCUT2D eigenvalue weighted by Crippen LogP contribution is -2.15. The largest absolute Gasteiger partial charge is 0.326 e. The van der Waals surface area contributed by atoms with Crippen LogP contribution in [0.3, 0.4) is 0 Å². The summed E-state index contributed by atoms with van der Waals surface area (Å²) in [7, 11) is 0. The van der Waals surface area contributed by atoms with E-state index < -0.39 is 0 Å². The maximum Gasteiger partial charge on any atom is 0.257 e. The molecular formula is C19H17N3O2S. The highest BCUT2D eigenvalue weighted by Gasteiger charge is 2.09. The highest BCUT2D eigenvalue weighted by atomic mass is 32.1. The van der Waals surface area contributed by atoms with Gasteiger partial charge in [0.05, 0.1) is 6.42 Å². The second kappa shape index (κ2) is 7.72. The quantitative estimate of drug-likeness (QED) is 0.733. The molecule has 0 saturated carbocycles. The van der Waals surface area contributed by atoms with E-state index in [1.807, 2.05) is 31.2 Å². The van der Waals surface area contributed by atoms with Gasteiger partial charge in [0.15, 0.2) is 5.13 Å². The number of nitrogens with one attached hydrogen (secondary N) is 2. The van der Waals surface area contributed by atoms with Crippen molar-refractivity contribution in [3.63, 3.8) is 0 Å². The van der Waals surface area contributed by atoms with Gasteiger partial charge in [0.1, 0.15) is 0 Å². The SMILES string of the molecule is Cc1ccccc1CC(=O)Nc1ccc(C(=O)Nc2nccs2)cc1. The molecule has 6 heteroatoms. The number of thiazole rings is 1. The smallest absolute Gasteiger partial charge is 0.257 e. The van der Waals surface area contributed by atoms with Gasteiger partial charge in [0, 0.05) is 22.8 Å². The Kier molecular flexibility index (Phi) is 5.20. The molecule has 2 N–H and O–H groups in total. The van der Waals surface area contributed by atoms with Crippen molar-refractivity contribution >= 4 is 34.0 Å². The monoisotopic (exact) mass is 351 g/mol. The molecule has 0 unspecified atom stereocenters. The molecule has 0 aliphatic carbocycles. The first-order valence-electron chi connectivity index (χ1n) is 7.77. The van der Waals surface area contributed by atoms with Gasteiger partial charge in [-0.05, 0) is 42.3 Å². The number of rotatable bonds is 5. The molecule has 0 saturated heterocycles. The van der Waals surface area contributed by atoms with Crippen LogP contribution in [0.2, 0.25) is 0 Å². The molecule has 126 valence electrons. The molecule has 1 heterocycles. The number of nitrogens with zero attached hydrogens (tertiary/aromatic N) is 1. The number of aryl methyl sites for hydroxylation is 1. The van der Waals surface area contributed by atoms with Crippen LogP contribution in [-0.2, 0) is 11.2 Å². The van der Waals surface area contributed by atoms with Crippen LogP contribution in [0.15, 0.2) is 60.1 Å². The summed E-state index contributed by atoms with van der Waals surface area (Å²) in [6, 6.07) is 14.6. The fraction of sp³-hybridized carbons (Fsp3) is 0.105. The van der Waals surface area contributed by atoms with Gasteiger partial charge in [-0.15, -0.1) is 11.3 Å². The minimum Gasteiger partial charge on any atom is -0.326 e. The maximum atomic E-state index is 12.2. The molecule has 0 radical (unpaired) electrons. The van der Waals surface area contributed by atoms with E-state index >= 15 is 0 Å². The minimum absolute atomic E-state index is 0.0886. The summed E-state index contributed by atoms with van der Waals surface area (Å²) < 4.78 is 0. The molecular weight excluding hydrogens is 334 g/mol. The third-order valence-electron chi connectivity index (χ3n) is 3.70. The second-order valence-electron chi connectivity index (χ2n) is 5.52. The molecule has 0 atom stereocenters. The number of benzene rings is 2. The number of carbonyl (C=O) groups is 2. The van der Waals surface area contributed by atoms with Gasteiger partial charge in [-0.3, -0.25) is 14.9 Å². The van der Waals surface area contributed by atoms with Crippen LogP contribution in [0.5, 0.6) is 0 Å². The van der Waals surface area contributed by atoms with Gasteiger partial charge in [-0.1, -0.05) is 24.3 Å². The Bertz CT molecular complexity index is 874. The van der Waals surface area contributed by atoms with E-state index in [1.54, 1.807) is 35.8 Å². The van der Waals surface area contributed by atoms with Crippen molar-refractivity contribution in [3.05, 3.63) is 76.8 Å². The Morgan fingerprint density at radius 3 is 2.48 bits per heavy atom. The van der Waals surface area contributed by atoms with Crippen LogP contribution in [0, 0.1) is 6.92 Å². The summed E-state index contributed by atoms with van der Waals surface area (Å²) in [6.07, 6.45) is 1.95. The maximum absolute atomic E-state index is 12.2. The Balaban J connectivity index is 1.59. The van der Waals surface area contributed by atoms with Gasteiger partial charge < -0.3 is 5.32 Å². The third kappa shape index (κ3) is 4.51. The van der Waals surface area contributed by atoms with Gasteiger partial charge in [0.25, 0.3) is 5.91 Å². The average molecular weight is 351 g/mol. The topological polar surface area (TPSA) is 71.1 Å². The molecule has 25 heavy (non-hydrogen) atoms. The van der Waals surface area contributed by atoms with Crippen molar-refractivity contribution in [2.45, 2.75) is 13.3 Å². The van der Waals surface area contributed by atoms with Crippen LogP contribution in [0.25, 0.3) is 0 Å². The fourth-order valence-corrected chi connectivity index (χ4v) is 2.87. The van der Waals surface area contributed by atoms with Crippen LogP contribution >= 0.6 is 11.3 Å². The van der Waals surface area contributed by atoms with Gasteiger partial charge in [0.2, 0.25) is 5.91 Å². The first-order valence-corrected chi connectivity index (χ1v) is 8.65. The average Bonchev–Trinajstić information content (AvgIpc) is 3.10. The molecule has 3 aromatic rings. The Morgan fingerprint density at radius 1 is 1.04 bits per heavy atom. The Hall–Kier alpha value is -2.99. The zero-order chi connectivity index (χ0) is 17.6. The van der Waals surface area contributed by atoms with E-state index in [9.17, 15) is 9.59 Å². The highest BCUT2D eigenvalue weighted by Crippen LogP contribution is 2.15. The van der Waals surface area contributed by atoms with Gasteiger partial charge in [-0.25, -0.2) is 4.98 Å². The van der Waals surface area contributed by atoms with E-state index in [-0.39, 0.29) is 11.8 Å². The van der Waals surface area contributed by atoms with Crippen molar-refractivity contribution in [1.29, 1.82) is 0 Å². The summed E-state index contributed by atoms with van der Waals surface area (Å²) in [4.78, 5) is 28.3. The van der Waals surface area contributed by atoms with Gasteiger partial charge >= 0.3 is 0 Å². The van der Waals surface area contributed by atoms with E-state index in [0.717, 1.165) is 11.1 Å².